The Kier molecular flexibility index (Phi) is 6.70. The van der Waals surface area contributed by atoms with Gasteiger partial charge in [0.25, 0.3) is 0 Å². The van der Waals surface area contributed by atoms with Crippen LogP contribution in [0.3, 0.4) is 0 Å². The fourth-order valence-electron chi connectivity index (χ4n) is 3.96. The molecule has 0 N–H and O–H groups in total. The molecule has 0 atom stereocenters. The number of hydrogen-bond acceptors (Lipinski definition) is 7. The van der Waals surface area contributed by atoms with E-state index in [9.17, 15) is 13.2 Å². The Morgan fingerprint density at radius 2 is 1.86 bits per heavy atom. The van der Waals surface area contributed by atoms with E-state index in [0.717, 1.165) is 16.3 Å². The van der Waals surface area contributed by atoms with Crippen molar-refractivity contribution in [2.75, 3.05) is 25.6 Å². The van der Waals surface area contributed by atoms with Crippen LogP contribution in [0, 0.1) is 0 Å². The summed E-state index contributed by atoms with van der Waals surface area (Å²) in [4.78, 5) is 18.2. The minimum atomic E-state index is -3.90. The second-order valence-corrected chi connectivity index (χ2v) is 11.6. The molecule has 0 radical (unpaired) electrons. The third-order valence-corrected chi connectivity index (χ3v) is 7.86. The Bertz CT molecular complexity index is 1330. The average Bonchev–Trinajstić information content (AvgIpc) is 3.47. The first kappa shape index (κ1) is 24.9. The van der Waals surface area contributed by atoms with Crippen molar-refractivity contribution in [3.8, 4) is 17.1 Å². The Hall–Kier alpha value is -3.24. The molecule has 4 rings (SSSR count). The van der Waals surface area contributed by atoms with E-state index in [1.807, 2.05) is 24.3 Å². The van der Waals surface area contributed by atoms with Gasteiger partial charge in [-0.25, -0.2) is 8.42 Å². The Morgan fingerprint density at radius 1 is 1.14 bits per heavy atom. The van der Waals surface area contributed by atoms with Gasteiger partial charge in [-0.3, -0.25) is 4.79 Å². The molecule has 0 unspecified atom stereocenters. The number of methoxy groups -OCH3 is 1. The van der Waals surface area contributed by atoms with Gasteiger partial charge in [-0.15, -0.1) is 0 Å². The molecule has 2 heterocycles. The van der Waals surface area contributed by atoms with E-state index in [1.54, 1.807) is 11.0 Å². The maximum absolute atomic E-state index is 13.3. The van der Waals surface area contributed by atoms with Gasteiger partial charge in [0, 0.05) is 25.6 Å². The predicted octanol–water partition coefficient (Wildman–Crippen LogP) is 3.99. The summed E-state index contributed by atoms with van der Waals surface area (Å²) in [6.45, 7) is 6.84. The molecule has 9 nitrogen and oxygen atoms in total. The fourth-order valence-corrected chi connectivity index (χ4v) is 5.10. The Labute approximate surface area is 205 Å². The molecule has 1 aliphatic heterocycles. The van der Waals surface area contributed by atoms with Gasteiger partial charge in [0.2, 0.25) is 27.6 Å². The molecule has 1 aliphatic rings. The van der Waals surface area contributed by atoms with Crippen LogP contribution in [-0.2, 0) is 26.8 Å². The summed E-state index contributed by atoms with van der Waals surface area (Å²) < 4.78 is 38.4. The van der Waals surface area contributed by atoms with Gasteiger partial charge in [0.05, 0.1) is 24.2 Å². The normalized spacial score (nSPS) is 14.7. The van der Waals surface area contributed by atoms with Crippen LogP contribution >= 0.6 is 0 Å². The molecule has 1 aromatic heterocycles. The molecule has 10 heteroatoms. The van der Waals surface area contributed by atoms with Gasteiger partial charge in [0.15, 0.2) is 0 Å². The van der Waals surface area contributed by atoms with Crippen molar-refractivity contribution in [3.63, 3.8) is 0 Å². The quantitative estimate of drug-likeness (QED) is 0.485. The average molecular weight is 499 g/mol. The first-order valence-electron chi connectivity index (χ1n) is 11.4. The number of anilines is 1. The van der Waals surface area contributed by atoms with Gasteiger partial charge in [0.1, 0.15) is 5.75 Å². The van der Waals surface area contributed by atoms with E-state index in [2.05, 4.69) is 30.9 Å². The number of carbonyl (C=O) groups is 1. The maximum atomic E-state index is 13.3. The number of amides is 1. The predicted molar refractivity (Wildman–Crippen MR) is 132 cm³/mol. The molecule has 35 heavy (non-hydrogen) atoms. The van der Waals surface area contributed by atoms with Crippen LogP contribution in [0.4, 0.5) is 5.69 Å². The van der Waals surface area contributed by atoms with E-state index in [1.165, 1.54) is 31.9 Å². The number of hydrogen-bond donors (Lipinski definition) is 0. The number of aromatic nitrogens is 2. The van der Waals surface area contributed by atoms with Crippen molar-refractivity contribution in [2.45, 2.75) is 50.5 Å². The maximum Gasteiger partial charge on any atom is 0.243 e. The van der Waals surface area contributed by atoms with E-state index in [-0.39, 0.29) is 28.7 Å². The van der Waals surface area contributed by atoms with Crippen LogP contribution in [0.2, 0.25) is 0 Å². The highest BCUT2D eigenvalue weighted by molar-refractivity contribution is 7.89. The molecule has 0 bridgehead atoms. The number of rotatable bonds is 7. The lowest BCUT2D eigenvalue weighted by Gasteiger charge is -2.21. The second kappa shape index (κ2) is 9.43. The molecule has 2 aromatic carbocycles. The van der Waals surface area contributed by atoms with Crippen molar-refractivity contribution in [1.82, 2.24) is 14.4 Å². The second-order valence-electron chi connectivity index (χ2n) is 9.58. The van der Waals surface area contributed by atoms with Crippen molar-refractivity contribution in [1.29, 1.82) is 0 Å². The number of sulfonamides is 1. The summed E-state index contributed by atoms with van der Waals surface area (Å²) in [5, 5.41) is 4.02. The monoisotopic (exact) mass is 498 g/mol. The summed E-state index contributed by atoms with van der Waals surface area (Å²) in [6, 6.07) is 12.4. The van der Waals surface area contributed by atoms with Crippen molar-refractivity contribution < 1.29 is 22.5 Å². The minimum absolute atomic E-state index is 0.0292. The summed E-state index contributed by atoms with van der Waals surface area (Å²) >= 11 is 0. The highest BCUT2D eigenvalue weighted by atomic mass is 32.2. The first-order valence-corrected chi connectivity index (χ1v) is 12.8. The van der Waals surface area contributed by atoms with Crippen LogP contribution in [-0.4, -0.2) is 49.5 Å². The lowest BCUT2D eigenvalue weighted by Crippen LogP contribution is -2.28. The molecular weight excluding hydrogens is 468 g/mol. The SMILES string of the molecule is COc1ccc(S(=O)(=O)N(C)Cc2nc(-c3ccc(C(C)(C)C)cc3)no2)cc1N1CCCC1=O. The molecule has 186 valence electrons. The molecule has 0 aliphatic carbocycles. The molecular formula is C25H30N4O5S. The number of nitrogens with zero attached hydrogens (tertiary/aromatic N) is 4. The smallest absolute Gasteiger partial charge is 0.243 e. The van der Waals surface area contributed by atoms with Gasteiger partial charge >= 0.3 is 0 Å². The topological polar surface area (TPSA) is 106 Å². The highest BCUT2D eigenvalue weighted by Gasteiger charge is 2.29. The summed E-state index contributed by atoms with van der Waals surface area (Å²) in [5.74, 6) is 0.959. The van der Waals surface area contributed by atoms with Crippen molar-refractivity contribution in [2.24, 2.45) is 0 Å². The minimum Gasteiger partial charge on any atom is -0.495 e. The third-order valence-electron chi connectivity index (χ3n) is 6.06. The first-order chi connectivity index (χ1) is 16.5. The van der Waals surface area contributed by atoms with E-state index < -0.39 is 10.0 Å². The van der Waals surface area contributed by atoms with E-state index in [0.29, 0.717) is 30.2 Å². The van der Waals surface area contributed by atoms with Gasteiger partial charge in [-0.1, -0.05) is 50.2 Å². The van der Waals surface area contributed by atoms with Crippen LogP contribution in [0.1, 0.15) is 45.1 Å². The fraction of sp³-hybridized carbons (Fsp3) is 0.400. The van der Waals surface area contributed by atoms with Gasteiger partial charge in [-0.05, 0) is 35.6 Å². The van der Waals surface area contributed by atoms with E-state index in [4.69, 9.17) is 9.26 Å². The van der Waals surface area contributed by atoms with Crippen LogP contribution in [0.5, 0.6) is 5.75 Å². The summed E-state index contributed by atoms with van der Waals surface area (Å²) in [6.07, 6.45) is 1.15. The van der Waals surface area contributed by atoms with Crippen LogP contribution < -0.4 is 9.64 Å². The summed E-state index contributed by atoms with van der Waals surface area (Å²) in [5.41, 5.74) is 2.45. The van der Waals surface area contributed by atoms with Crippen LogP contribution in [0.25, 0.3) is 11.4 Å². The molecule has 1 saturated heterocycles. The van der Waals surface area contributed by atoms with Crippen molar-refractivity contribution >= 4 is 21.6 Å². The zero-order valence-corrected chi connectivity index (χ0v) is 21.4. The lowest BCUT2D eigenvalue weighted by molar-refractivity contribution is -0.117. The molecule has 1 fully saturated rings. The largest absolute Gasteiger partial charge is 0.495 e. The standard InChI is InChI=1S/C25H30N4O5S/c1-25(2,3)18-10-8-17(9-11-18)24-26-22(34-27-24)16-28(4)35(31,32)19-12-13-21(33-5)20(15-19)29-14-6-7-23(29)30/h8-13,15H,6-7,14,16H2,1-5H3. The summed E-state index contributed by atoms with van der Waals surface area (Å²) in [7, 11) is -0.961. The third kappa shape index (κ3) is 5.08. The van der Waals surface area contributed by atoms with Crippen LogP contribution in [0.15, 0.2) is 51.9 Å². The molecule has 1 amide bonds. The lowest BCUT2D eigenvalue weighted by atomic mass is 9.87. The number of benzene rings is 2. The zero-order chi connectivity index (χ0) is 25.4. The Morgan fingerprint density at radius 3 is 2.46 bits per heavy atom. The zero-order valence-electron chi connectivity index (χ0n) is 20.6. The van der Waals surface area contributed by atoms with Gasteiger partial charge in [-0.2, -0.15) is 9.29 Å². The van der Waals surface area contributed by atoms with Crippen molar-refractivity contribution in [3.05, 3.63) is 53.9 Å². The molecule has 3 aromatic rings. The molecule has 0 saturated carbocycles. The number of ether oxygens (including phenoxy) is 1. The molecule has 0 spiro atoms. The highest BCUT2D eigenvalue weighted by Crippen LogP contribution is 2.34. The Balaban J connectivity index is 1.54. The van der Waals surface area contributed by atoms with Gasteiger partial charge < -0.3 is 14.2 Å². The van der Waals surface area contributed by atoms with E-state index >= 15 is 0 Å². The number of carbonyl (C=O) groups excluding carboxylic acids is 1.